The number of aliphatic hydroxyl groups excluding tert-OH is 1. The van der Waals surface area contributed by atoms with Gasteiger partial charge in [-0.15, -0.1) is 0 Å². The van der Waals surface area contributed by atoms with E-state index < -0.39 is 65.1 Å². The smallest absolute Gasteiger partial charge is 0.255 e. The summed E-state index contributed by atoms with van der Waals surface area (Å²) >= 11 is 0. The minimum absolute atomic E-state index is 0.0488. The first kappa shape index (κ1) is 61.1. The molecule has 1 saturated heterocycles. The van der Waals surface area contributed by atoms with Crippen LogP contribution >= 0.6 is 0 Å². The minimum atomic E-state index is -1.07. The van der Waals surface area contributed by atoms with Gasteiger partial charge in [-0.2, -0.15) is 0 Å². The minimum Gasteiger partial charge on any atom is -0.377 e. The number of amides is 7. The van der Waals surface area contributed by atoms with Crippen LogP contribution in [-0.2, 0) is 49.8 Å². The summed E-state index contributed by atoms with van der Waals surface area (Å²) in [4.78, 5) is 103. The van der Waals surface area contributed by atoms with Crippen LogP contribution in [0.5, 0.6) is 0 Å². The zero-order valence-corrected chi connectivity index (χ0v) is 49.4. The van der Waals surface area contributed by atoms with Crippen molar-refractivity contribution in [1.29, 1.82) is 0 Å². The number of hydrogen-bond donors (Lipinski definition) is 9. The fraction of sp³-hybridized carbons (Fsp3) is 0.516. The van der Waals surface area contributed by atoms with Crippen molar-refractivity contribution >= 4 is 47.0 Å². The third-order valence-electron chi connectivity index (χ3n) is 17.0. The number of nitrogens with zero attached hydrogens (tertiary/aromatic N) is 2. The van der Waals surface area contributed by atoms with E-state index in [1.165, 1.54) is 16.0 Å². The van der Waals surface area contributed by atoms with Gasteiger partial charge in [-0.25, -0.2) is 0 Å². The second kappa shape index (κ2) is 26.1. The van der Waals surface area contributed by atoms with Crippen molar-refractivity contribution in [3.63, 3.8) is 0 Å². The van der Waals surface area contributed by atoms with Gasteiger partial charge in [-0.3, -0.25) is 38.9 Å². The normalized spacial score (nSPS) is 21.5. The van der Waals surface area contributed by atoms with Gasteiger partial charge in [0.15, 0.2) is 0 Å². The van der Waals surface area contributed by atoms with Crippen molar-refractivity contribution in [2.75, 3.05) is 26.0 Å². The zero-order valence-electron chi connectivity index (χ0n) is 49.4. The lowest BCUT2D eigenvalue weighted by Crippen LogP contribution is -2.62. The van der Waals surface area contributed by atoms with E-state index >= 15 is 0 Å². The van der Waals surface area contributed by atoms with E-state index in [1.54, 1.807) is 56.3 Å². The van der Waals surface area contributed by atoms with Gasteiger partial charge in [0.05, 0.1) is 24.2 Å². The number of likely N-dealkylation sites (N-methyl/N-ethyl adjacent to an activating group) is 2. The number of fused-ring (bicyclic) bond motifs is 3. The number of rotatable bonds is 18. The fourth-order valence-electron chi connectivity index (χ4n) is 12.1. The quantitative estimate of drug-likeness (QED) is 0.0545. The molecule has 7 amide bonds. The Bertz CT molecular complexity index is 2980. The molecule has 7 unspecified atom stereocenters. The summed E-state index contributed by atoms with van der Waals surface area (Å²) in [5, 5.41) is 35.8. The molecule has 0 saturated carbocycles. The summed E-state index contributed by atoms with van der Waals surface area (Å²) in [6, 6.07) is 22.2. The maximum atomic E-state index is 15.0. The molecule has 82 heavy (non-hydrogen) atoms. The molecule has 2 heterocycles. The van der Waals surface area contributed by atoms with E-state index in [1.807, 2.05) is 97.0 Å². The van der Waals surface area contributed by atoms with E-state index in [9.17, 15) is 38.7 Å². The van der Waals surface area contributed by atoms with Crippen molar-refractivity contribution < 1.29 is 38.7 Å². The van der Waals surface area contributed by atoms with Crippen LogP contribution in [0.2, 0.25) is 0 Å². The second-order valence-electron chi connectivity index (χ2n) is 25.0. The highest BCUT2D eigenvalue weighted by molar-refractivity contribution is 6.05. The maximum absolute atomic E-state index is 15.0. The molecule has 0 aromatic heterocycles. The lowest BCUT2D eigenvalue weighted by Gasteiger charge is -2.42. The number of hydrogen-bond acceptors (Lipinski definition) is 11. The van der Waals surface area contributed by atoms with Crippen molar-refractivity contribution in [1.82, 2.24) is 47.0 Å². The van der Waals surface area contributed by atoms with Gasteiger partial charge >= 0.3 is 0 Å². The Balaban J connectivity index is 0.974. The summed E-state index contributed by atoms with van der Waals surface area (Å²) in [5.41, 5.74) is 5.71. The predicted octanol–water partition coefficient (Wildman–Crippen LogP) is 5.74. The molecule has 0 radical (unpaired) electrons. The SMILES string of the molecule is CC[C@H](NC)C(=O)NC(C(=O)N1Cc2cc(NC(=O)c3ccc(C(=O)N[C@H]4CC(C(=O)NC5CCCc6ccccc65)N(C(=O)C(NC(O)[C@H](C)NC)C(C)(C)C)C4)cc3)ccc2CC1C(=O)NC1CCCc2ccccc21)C(C)(C)C. The number of carbonyl (C=O) groups is 7. The van der Waals surface area contributed by atoms with Gasteiger partial charge in [0.1, 0.15) is 24.4 Å². The molecular weight excluding hydrogens is 1040 g/mol. The topological polar surface area (TPSA) is 242 Å². The number of nitrogens with one attached hydrogen (secondary N) is 8. The Morgan fingerprint density at radius 3 is 1.73 bits per heavy atom. The molecule has 440 valence electrons. The van der Waals surface area contributed by atoms with Crippen molar-refractivity contribution in [3.05, 3.63) is 136 Å². The van der Waals surface area contributed by atoms with E-state index in [0.717, 1.165) is 60.8 Å². The number of aliphatic hydroxyl groups is 1. The summed E-state index contributed by atoms with van der Waals surface area (Å²) in [7, 11) is 3.42. The molecule has 4 aromatic rings. The maximum Gasteiger partial charge on any atom is 0.255 e. The van der Waals surface area contributed by atoms with Crippen LogP contribution in [0.1, 0.15) is 160 Å². The fourth-order valence-corrected chi connectivity index (χ4v) is 12.1. The third-order valence-corrected chi connectivity index (χ3v) is 17.0. The molecule has 4 aliphatic rings. The Hall–Kier alpha value is -6.99. The first-order valence-electron chi connectivity index (χ1n) is 29.3. The molecule has 0 bridgehead atoms. The average molecular weight is 1120 g/mol. The second-order valence-corrected chi connectivity index (χ2v) is 25.0. The van der Waals surface area contributed by atoms with Gasteiger partial charge in [0.25, 0.3) is 11.8 Å². The molecular formula is C64H86N10O8. The van der Waals surface area contributed by atoms with Crippen molar-refractivity contribution in [2.24, 2.45) is 10.8 Å². The summed E-state index contributed by atoms with van der Waals surface area (Å²) < 4.78 is 0. The number of anilines is 1. The highest BCUT2D eigenvalue weighted by atomic mass is 16.3. The Labute approximate surface area is 483 Å². The molecule has 18 nitrogen and oxygen atoms in total. The van der Waals surface area contributed by atoms with E-state index in [4.69, 9.17) is 0 Å². The molecule has 18 heteroatoms. The standard InChI is InChI=1S/C64H86N10O8/c1-11-48(66-10)58(78)72-54(64(6,7)8)61(81)73-35-43-32-44(31-30-42(43)33-51(73)59(79)69-49-24-16-20-38-18-12-14-22-46(38)49)67-56(76)40-26-28-41(29-27-40)57(77)68-45-34-52(60(80)70-50-25-17-21-39-19-13-15-23-47(39)50)74(36-45)62(82)53(63(3,4)5)71-55(75)37(2)65-9/h12-15,18-19,22-23,26-32,37,45,48-55,65-66,71,75H,11,16-17,20-21,24-25,33-36H2,1-10H3,(H,67,76)(H,68,77)(H,69,79)(H,70,80)(H,72,78)/t37-,45-,48-,49?,50?,51?,52?,53?,54?,55?/m0/s1. The lowest BCUT2D eigenvalue weighted by atomic mass is 9.83. The van der Waals surface area contributed by atoms with Crippen LogP contribution in [0.3, 0.4) is 0 Å². The Kier molecular flexibility index (Phi) is 19.4. The van der Waals surface area contributed by atoms with Crippen LogP contribution in [0.15, 0.2) is 91.0 Å². The Morgan fingerprint density at radius 1 is 0.634 bits per heavy atom. The summed E-state index contributed by atoms with van der Waals surface area (Å²) in [5.74, 6) is -2.55. The average Bonchev–Trinajstić information content (AvgIpc) is 3.48. The summed E-state index contributed by atoms with van der Waals surface area (Å²) in [6.45, 7) is 15.1. The largest absolute Gasteiger partial charge is 0.377 e. The van der Waals surface area contributed by atoms with Crippen molar-refractivity contribution in [3.8, 4) is 0 Å². The highest BCUT2D eigenvalue weighted by Crippen LogP contribution is 2.35. The van der Waals surface area contributed by atoms with E-state index in [-0.39, 0.29) is 84.7 Å². The molecule has 9 N–H and O–H groups in total. The van der Waals surface area contributed by atoms with Crippen LogP contribution < -0.4 is 42.5 Å². The van der Waals surface area contributed by atoms with Gasteiger partial charge in [0, 0.05) is 48.4 Å². The van der Waals surface area contributed by atoms with Crippen LogP contribution in [0.4, 0.5) is 5.69 Å². The van der Waals surface area contributed by atoms with Crippen LogP contribution in [0, 0.1) is 10.8 Å². The number of likely N-dealkylation sites (tertiary alicyclic amines) is 1. The first-order valence-corrected chi connectivity index (χ1v) is 29.3. The summed E-state index contributed by atoms with van der Waals surface area (Å²) in [6.07, 6.45) is 5.00. The molecule has 2 aliphatic carbocycles. The lowest BCUT2D eigenvalue weighted by molar-refractivity contribution is -0.147. The van der Waals surface area contributed by atoms with E-state index in [2.05, 4.69) is 54.7 Å². The van der Waals surface area contributed by atoms with Gasteiger partial charge in [-0.05, 0) is 153 Å². The number of aryl methyl sites for hydroxylation is 2. The molecule has 8 rings (SSSR count). The highest BCUT2D eigenvalue weighted by Gasteiger charge is 2.47. The molecule has 0 spiro atoms. The van der Waals surface area contributed by atoms with Crippen LogP contribution in [-0.4, -0.2) is 125 Å². The third kappa shape index (κ3) is 14.1. The van der Waals surface area contributed by atoms with Crippen LogP contribution in [0.25, 0.3) is 0 Å². The molecule has 4 aromatic carbocycles. The van der Waals surface area contributed by atoms with Gasteiger partial charge in [-0.1, -0.05) is 103 Å². The predicted molar refractivity (Wildman–Crippen MR) is 316 cm³/mol. The first-order chi connectivity index (χ1) is 39.0. The van der Waals surface area contributed by atoms with Crippen molar-refractivity contribution in [2.45, 2.75) is 180 Å². The molecule has 10 atom stereocenters. The van der Waals surface area contributed by atoms with E-state index in [0.29, 0.717) is 12.1 Å². The number of benzene rings is 4. The Morgan fingerprint density at radius 2 is 1.18 bits per heavy atom. The molecule has 2 aliphatic heterocycles. The zero-order chi connectivity index (χ0) is 59.2. The molecule has 1 fully saturated rings. The monoisotopic (exact) mass is 1120 g/mol. The van der Waals surface area contributed by atoms with Gasteiger partial charge < -0.3 is 52.1 Å². The number of carbonyl (C=O) groups excluding carboxylic acids is 7. The van der Waals surface area contributed by atoms with Gasteiger partial charge in [0.2, 0.25) is 29.5 Å².